The van der Waals surface area contributed by atoms with E-state index in [1.807, 2.05) is 12.1 Å². The maximum absolute atomic E-state index is 5.46. The number of likely N-dealkylation sites (tertiary alicyclic amines) is 1. The van der Waals surface area contributed by atoms with Crippen molar-refractivity contribution < 1.29 is 4.74 Å². The second-order valence-electron chi connectivity index (χ2n) is 4.87. The molecule has 0 saturated carbocycles. The Morgan fingerprint density at radius 3 is 2.74 bits per heavy atom. The molecule has 102 valence electrons. The Morgan fingerprint density at radius 2 is 2.05 bits per heavy atom. The summed E-state index contributed by atoms with van der Waals surface area (Å²) in [6, 6.07) is 6.08. The van der Waals surface area contributed by atoms with Crippen LogP contribution in [-0.4, -0.2) is 31.6 Å². The molecule has 0 radical (unpaired) electrons. The Kier molecular flexibility index (Phi) is 5.26. The highest BCUT2D eigenvalue weighted by atomic mass is 16.5. The van der Waals surface area contributed by atoms with Crippen LogP contribution >= 0.6 is 0 Å². The molecular formula is C16H22N2O. The topological polar surface area (TPSA) is 38.5 Å². The van der Waals surface area contributed by atoms with Gasteiger partial charge in [-0.2, -0.15) is 0 Å². The summed E-state index contributed by atoms with van der Waals surface area (Å²) in [5.41, 5.74) is 7.76. The highest BCUT2D eigenvalue weighted by Gasteiger charge is 2.12. The van der Waals surface area contributed by atoms with E-state index in [1.54, 1.807) is 7.11 Å². The summed E-state index contributed by atoms with van der Waals surface area (Å²) in [5.74, 6) is 6.99. The Bertz CT molecular complexity index is 467. The molecule has 2 N–H and O–H groups in total. The lowest BCUT2D eigenvalue weighted by Crippen LogP contribution is -2.29. The van der Waals surface area contributed by atoms with Gasteiger partial charge in [-0.25, -0.2) is 0 Å². The van der Waals surface area contributed by atoms with Crippen molar-refractivity contribution >= 4 is 0 Å². The molecule has 1 saturated heterocycles. The van der Waals surface area contributed by atoms with Crippen molar-refractivity contribution in [3.8, 4) is 17.6 Å². The predicted octanol–water partition coefficient (Wildman–Crippen LogP) is 1.99. The van der Waals surface area contributed by atoms with Gasteiger partial charge in [-0.15, -0.1) is 0 Å². The minimum absolute atomic E-state index is 0.398. The summed E-state index contributed by atoms with van der Waals surface area (Å²) in [5, 5.41) is 0. The molecule has 1 aliphatic rings. The molecule has 0 spiro atoms. The van der Waals surface area contributed by atoms with Gasteiger partial charge in [0.2, 0.25) is 0 Å². The van der Waals surface area contributed by atoms with Crippen LogP contribution in [0.2, 0.25) is 0 Å². The van der Waals surface area contributed by atoms with Crippen LogP contribution in [0.5, 0.6) is 5.75 Å². The first-order chi connectivity index (χ1) is 9.33. The van der Waals surface area contributed by atoms with E-state index in [4.69, 9.17) is 10.5 Å². The van der Waals surface area contributed by atoms with Crippen molar-refractivity contribution in [1.29, 1.82) is 0 Å². The van der Waals surface area contributed by atoms with Crippen LogP contribution < -0.4 is 10.5 Å². The predicted molar refractivity (Wildman–Crippen MR) is 78.1 cm³/mol. The van der Waals surface area contributed by atoms with Gasteiger partial charge in [-0.05, 0) is 49.7 Å². The van der Waals surface area contributed by atoms with E-state index in [0.29, 0.717) is 6.54 Å². The van der Waals surface area contributed by atoms with Crippen molar-refractivity contribution in [3.05, 3.63) is 29.3 Å². The molecule has 1 fully saturated rings. The number of methoxy groups -OCH3 is 1. The fourth-order valence-electron chi connectivity index (χ4n) is 2.45. The molecule has 1 aromatic carbocycles. The lowest BCUT2D eigenvalue weighted by molar-refractivity contribution is 0.220. The average Bonchev–Trinajstić information content (AvgIpc) is 2.47. The Hall–Kier alpha value is -1.50. The molecule has 2 rings (SSSR count). The van der Waals surface area contributed by atoms with Gasteiger partial charge in [0.15, 0.2) is 0 Å². The molecule has 1 aromatic rings. The lowest BCUT2D eigenvalue weighted by Gasteiger charge is -2.27. The Balaban J connectivity index is 2.18. The summed E-state index contributed by atoms with van der Waals surface area (Å²) in [7, 11) is 1.70. The number of hydrogen-bond donors (Lipinski definition) is 1. The smallest absolute Gasteiger partial charge is 0.119 e. The second-order valence-corrected chi connectivity index (χ2v) is 4.87. The molecule has 0 amide bonds. The number of ether oxygens (including phenoxy) is 1. The fourth-order valence-corrected chi connectivity index (χ4v) is 2.45. The number of benzene rings is 1. The first-order valence-electron chi connectivity index (χ1n) is 6.91. The molecule has 0 aromatic heterocycles. The summed E-state index contributed by atoms with van der Waals surface area (Å²) >= 11 is 0. The van der Waals surface area contributed by atoms with E-state index < -0.39 is 0 Å². The maximum Gasteiger partial charge on any atom is 0.119 e. The van der Waals surface area contributed by atoms with E-state index in [0.717, 1.165) is 17.9 Å². The van der Waals surface area contributed by atoms with Crippen molar-refractivity contribution in [2.24, 2.45) is 5.73 Å². The summed E-state index contributed by atoms with van der Waals surface area (Å²) in [6.07, 6.45) is 3.95. The number of piperidine rings is 1. The van der Waals surface area contributed by atoms with E-state index in [-0.39, 0.29) is 0 Å². The van der Waals surface area contributed by atoms with Crippen molar-refractivity contribution in [1.82, 2.24) is 4.90 Å². The normalized spacial score (nSPS) is 15.7. The third kappa shape index (κ3) is 3.99. The van der Waals surface area contributed by atoms with Crippen molar-refractivity contribution in [2.75, 3.05) is 26.7 Å². The van der Waals surface area contributed by atoms with Crippen LogP contribution in [0.25, 0.3) is 0 Å². The third-order valence-electron chi connectivity index (χ3n) is 3.48. The maximum atomic E-state index is 5.46. The summed E-state index contributed by atoms with van der Waals surface area (Å²) < 4.78 is 5.31. The number of hydrogen-bond acceptors (Lipinski definition) is 3. The van der Waals surface area contributed by atoms with Gasteiger partial charge in [-0.1, -0.05) is 18.3 Å². The van der Waals surface area contributed by atoms with Gasteiger partial charge in [0.1, 0.15) is 5.75 Å². The highest BCUT2D eigenvalue weighted by Crippen LogP contribution is 2.20. The van der Waals surface area contributed by atoms with Gasteiger partial charge >= 0.3 is 0 Å². The van der Waals surface area contributed by atoms with Gasteiger partial charge in [0.25, 0.3) is 0 Å². The zero-order valence-electron chi connectivity index (χ0n) is 11.6. The van der Waals surface area contributed by atoms with Gasteiger partial charge < -0.3 is 10.5 Å². The molecule has 1 heterocycles. The molecule has 1 aliphatic heterocycles. The van der Waals surface area contributed by atoms with Crippen LogP contribution in [0.15, 0.2) is 18.2 Å². The lowest BCUT2D eigenvalue weighted by atomic mass is 10.0. The zero-order chi connectivity index (χ0) is 13.5. The second kappa shape index (κ2) is 7.18. The molecule has 0 atom stereocenters. The summed E-state index contributed by atoms with van der Waals surface area (Å²) in [4.78, 5) is 2.49. The van der Waals surface area contributed by atoms with Gasteiger partial charge in [0, 0.05) is 12.1 Å². The van der Waals surface area contributed by atoms with Crippen LogP contribution in [0.4, 0.5) is 0 Å². The number of rotatable bonds is 3. The molecule has 0 aliphatic carbocycles. The molecule has 0 bridgehead atoms. The minimum Gasteiger partial charge on any atom is -0.497 e. The minimum atomic E-state index is 0.398. The highest BCUT2D eigenvalue weighted by molar-refractivity contribution is 5.45. The van der Waals surface area contributed by atoms with Gasteiger partial charge in [-0.3, -0.25) is 4.90 Å². The van der Waals surface area contributed by atoms with E-state index >= 15 is 0 Å². The first-order valence-corrected chi connectivity index (χ1v) is 6.91. The van der Waals surface area contributed by atoms with E-state index in [1.165, 1.54) is 37.9 Å². The largest absolute Gasteiger partial charge is 0.497 e. The molecule has 19 heavy (non-hydrogen) atoms. The Labute approximate surface area is 115 Å². The number of nitrogens with two attached hydrogens (primary N) is 1. The van der Waals surface area contributed by atoms with Crippen molar-refractivity contribution in [3.63, 3.8) is 0 Å². The Morgan fingerprint density at radius 1 is 1.26 bits per heavy atom. The zero-order valence-corrected chi connectivity index (χ0v) is 11.6. The standard InChI is InChI=1S/C16H22N2O/c1-19-16-8-7-14(6-5-9-17)15(12-16)13-18-10-3-2-4-11-18/h7-8,12H,2-4,9-11,13,17H2,1H3. The summed E-state index contributed by atoms with van der Waals surface area (Å²) in [6.45, 7) is 3.71. The van der Waals surface area contributed by atoms with Crippen LogP contribution in [0.3, 0.4) is 0 Å². The average molecular weight is 258 g/mol. The first kappa shape index (κ1) is 13.9. The van der Waals surface area contributed by atoms with Crippen molar-refractivity contribution in [2.45, 2.75) is 25.8 Å². The quantitative estimate of drug-likeness (QED) is 0.843. The van der Waals surface area contributed by atoms with Crippen LogP contribution in [0.1, 0.15) is 30.4 Å². The molecule has 3 nitrogen and oxygen atoms in total. The monoisotopic (exact) mass is 258 g/mol. The van der Waals surface area contributed by atoms with Gasteiger partial charge in [0.05, 0.1) is 13.7 Å². The molecule has 0 unspecified atom stereocenters. The van der Waals surface area contributed by atoms with Crippen LogP contribution in [0, 0.1) is 11.8 Å². The SMILES string of the molecule is COc1ccc(C#CCN)c(CN2CCCCC2)c1. The van der Waals surface area contributed by atoms with E-state index in [2.05, 4.69) is 22.8 Å². The number of nitrogens with zero attached hydrogens (tertiary/aromatic N) is 1. The van der Waals surface area contributed by atoms with E-state index in [9.17, 15) is 0 Å². The molecular weight excluding hydrogens is 236 g/mol. The third-order valence-corrected chi connectivity index (χ3v) is 3.48. The fraction of sp³-hybridized carbons (Fsp3) is 0.500. The van der Waals surface area contributed by atoms with Crippen LogP contribution in [-0.2, 0) is 6.54 Å². The molecule has 3 heteroatoms.